The molecule has 1 saturated carbocycles. The Kier molecular flexibility index (Phi) is 7.06. The molecule has 2 N–H and O–H groups in total. The van der Waals surface area contributed by atoms with E-state index in [1.54, 1.807) is 33.3 Å². The molecule has 7 heteroatoms. The van der Waals surface area contributed by atoms with Gasteiger partial charge in [0.05, 0.1) is 4.90 Å². The van der Waals surface area contributed by atoms with Gasteiger partial charge in [-0.15, -0.1) is 0 Å². The molecule has 0 amide bonds. The molecule has 6 nitrogen and oxygen atoms in total. The molecule has 0 bridgehead atoms. The van der Waals surface area contributed by atoms with Gasteiger partial charge in [-0.1, -0.05) is 38.0 Å². The first-order chi connectivity index (χ1) is 12.3. The molecule has 1 aromatic rings. The van der Waals surface area contributed by atoms with Crippen LogP contribution in [-0.2, 0) is 16.6 Å². The zero-order chi connectivity index (χ0) is 19.2. The van der Waals surface area contributed by atoms with Crippen molar-refractivity contribution in [2.45, 2.75) is 50.5 Å². The maximum Gasteiger partial charge on any atom is 0.242 e. The predicted molar refractivity (Wildman–Crippen MR) is 107 cm³/mol. The van der Waals surface area contributed by atoms with Crippen molar-refractivity contribution in [1.82, 2.24) is 14.9 Å². The number of hydrogen-bond donors (Lipinski definition) is 2. The Hall–Kier alpha value is -1.60. The van der Waals surface area contributed by atoms with Crippen LogP contribution in [0.15, 0.2) is 34.2 Å². The van der Waals surface area contributed by atoms with Crippen molar-refractivity contribution in [3.63, 3.8) is 0 Å². The van der Waals surface area contributed by atoms with Gasteiger partial charge < -0.3 is 10.6 Å². The van der Waals surface area contributed by atoms with Crippen molar-refractivity contribution >= 4 is 16.0 Å². The Labute approximate surface area is 158 Å². The van der Waals surface area contributed by atoms with Crippen LogP contribution in [-0.4, -0.2) is 46.4 Å². The van der Waals surface area contributed by atoms with Gasteiger partial charge in [0.1, 0.15) is 0 Å². The monoisotopic (exact) mass is 380 g/mol. The normalized spacial score (nSPS) is 17.5. The highest BCUT2D eigenvalue weighted by Crippen LogP contribution is 2.40. The minimum absolute atomic E-state index is 0.328. The first-order valence-electron chi connectivity index (χ1n) is 9.29. The first kappa shape index (κ1) is 20.7. The van der Waals surface area contributed by atoms with E-state index in [0.717, 1.165) is 12.1 Å². The minimum atomic E-state index is -3.47. The van der Waals surface area contributed by atoms with E-state index in [2.05, 4.69) is 22.5 Å². The van der Waals surface area contributed by atoms with Crippen molar-refractivity contribution in [2.75, 3.05) is 27.7 Å². The fourth-order valence-electron chi connectivity index (χ4n) is 3.55. The van der Waals surface area contributed by atoms with Gasteiger partial charge in [-0.2, -0.15) is 0 Å². The summed E-state index contributed by atoms with van der Waals surface area (Å²) in [5.74, 6) is 0.710. The maximum atomic E-state index is 12.5. The summed E-state index contributed by atoms with van der Waals surface area (Å²) in [7, 11) is 1.37. The lowest BCUT2D eigenvalue weighted by atomic mass is 9.83. The van der Waals surface area contributed by atoms with E-state index in [4.69, 9.17) is 0 Å². The zero-order valence-electron chi connectivity index (χ0n) is 16.4. The molecule has 1 aliphatic rings. The second-order valence-electron chi connectivity index (χ2n) is 7.24. The van der Waals surface area contributed by atoms with Gasteiger partial charge in [-0.25, -0.2) is 12.7 Å². The molecule has 0 spiro atoms. The van der Waals surface area contributed by atoms with Crippen LogP contribution in [0, 0.1) is 5.41 Å². The van der Waals surface area contributed by atoms with E-state index in [-0.39, 0.29) is 0 Å². The number of aliphatic imine (C=N–C) groups is 1. The Bertz CT molecular complexity index is 723. The number of rotatable bonds is 7. The van der Waals surface area contributed by atoms with E-state index >= 15 is 0 Å². The highest BCUT2D eigenvalue weighted by Gasteiger charge is 2.31. The van der Waals surface area contributed by atoms with Gasteiger partial charge >= 0.3 is 0 Å². The van der Waals surface area contributed by atoms with Crippen molar-refractivity contribution in [3.05, 3.63) is 29.8 Å². The summed E-state index contributed by atoms with van der Waals surface area (Å²) >= 11 is 0. The van der Waals surface area contributed by atoms with Gasteiger partial charge in [0.25, 0.3) is 0 Å². The topological polar surface area (TPSA) is 73.8 Å². The lowest BCUT2D eigenvalue weighted by Crippen LogP contribution is -2.42. The standard InChI is InChI=1S/C19H32N4O2S/c1-5-19(12-8-9-13-19)15-22-18(20-2)21-14-16-10-6-7-11-17(16)26(24,25)23(3)4/h6-7,10-11H,5,8-9,12-15H2,1-4H3,(H2,20,21,22). The lowest BCUT2D eigenvalue weighted by molar-refractivity contribution is 0.283. The van der Waals surface area contributed by atoms with Crippen molar-refractivity contribution in [3.8, 4) is 0 Å². The van der Waals surface area contributed by atoms with Crippen LogP contribution >= 0.6 is 0 Å². The van der Waals surface area contributed by atoms with E-state index in [1.165, 1.54) is 36.4 Å². The zero-order valence-corrected chi connectivity index (χ0v) is 17.2. The SMILES string of the molecule is CCC1(CNC(=NC)NCc2ccccc2S(=O)(=O)N(C)C)CCCC1. The minimum Gasteiger partial charge on any atom is -0.356 e. The second-order valence-corrected chi connectivity index (χ2v) is 9.36. The maximum absolute atomic E-state index is 12.5. The van der Waals surface area contributed by atoms with Gasteiger partial charge in [0, 0.05) is 34.2 Å². The third-order valence-electron chi connectivity index (χ3n) is 5.45. The van der Waals surface area contributed by atoms with Crippen LogP contribution in [0.2, 0.25) is 0 Å². The molecular weight excluding hydrogens is 348 g/mol. The van der Waals surface area contributed by atoms with E-state index in [9.17, 15) is 8.42 Å². The van der Waals surface area contributed by atoms with Crippen LogP contribution in [0.25, 0.3) is 0 Å². The van der Waals surface area contributed by atoms with E-state index in [1.807, 2.05) is 12.1 Å². The second kappa shape index (κ2) is 8.86. The average Bonchev–Trinajstić information content (AvgIpc) is 3.11. The highest BCUT2D eigenvalue weighted by molar-refractivity contribution is 7.89. The number of hydrogen-bond acceptors (Lipinski definition) is 3. The molecule has 0 saturated heterocycles. The molecule has 26 heavy (non-hydrogen) atoms. The quantitative estimate of drug-likeness (QED) is 0.563. The Morgan fingerprint density at radius 1 is 1.19 bits per heavy atom. The molecule has 1 aliphatic carbocycles. The average molecular weight is 381 g/mol. The largest absolute Gasteiger partial charge is 0.356 e. The summed E-state index contributed by atoms with van der Waals surface area (Å²) in [6.07, 6.45) is 6.30. The number of guanidine groups is 1. The highest BCUT2D eigenvalue weighted by atomic mass is 32.2. The van der Waals surface area contributed by atoms with Gasteiger partial charge in [0.2, 0.25) is 10.0 Å². The molecule has 0 aliphatic heterocycles. The summed E-state index contributed by atoms with van der Waals surface area (Å²) in [6, 6.07) is 7.08. The van der Waals surface area contributed by atoms with Crippen molar-refractivity contribution < 1.29 is 8.42 Å². The van der Waals surface area contributed by atoms with Crippen LogP contribution in [0.4, 0.5) is 0 Å². The van der Waals surface area contributed by atoms with E-state index < -0.39 is 10.0 Å². The summed E-state index contributed by atoms with van der Waals surface area (Å²) in [4.78, 5) is 4.62. The van der Waals surface area contributed by atoms with Crippen LogP contribution < -0.4 is 10.6 Å². The third-order valence-corrected chi connectivity index (χ3v) is 7.36. The molecule has 0 unspecified atom stereocenters. The third kappa shape index (κ3) is 4.76. The molecule has 1 aromatic carbocycles. The summed E-state index contributed by atoms with van der Waals surface area (Å²) in [5.41, 5.74) is 1.10. The molecule has 2 rings (SSSR count). The van der Waals surface area contributed by atoms with Crippen molar-refractivity contribution in [2.24, 2.45) is 10.4 Å². The van der Waals surface area contributed by atoms with Crippen LogP contribution in [0.3, 0.4) is 0 Å². The summed E-state index contributed by atoms with van der Waals surface area (Å²) in [5, 5.41) is 6.69. The molecule has 0 atom stereocenters. The fourth-order valence-corrected chi connectivity index (χ4v) is 4.66. The molecule has 0 aromatic heterocycles. The van der Waals surface area contributed by atoms with Crippen molar-refractivity contribution in [1.29, 1.82) is 0 Å². The first-order valence-corrected chi connectivity index (χ1v) is 10.7. The molecule has 0 heterocycles. The van der Waals surface area contributed by atoms with Gasteiger partial charge in [-0.05, 0) is 36.3 Å². The smallest absolute Gasteiger partial charge is 0.242 e. The fraction of sp³-hybridized carbons (Fsp3) is 0.632. The Morgan fingerprint density at radius 3 is 2.42 bits per heavy atom. The van der Waals surface area contributed by atoms with Crippen LogP contribution in [0.1, 0.15) is 44.6 Å². The Morgan fingerprint density at radius 2 is 1.85 bits per heavy atom. The number of nitrogens with one attached hydrogen (secondary N) is 2. The molecule has 1 fully saturated rings. The summed E-state index contributed by atoms with van der Waals surface area (Å²) < 4.78 is 26.2. The molecule has 146 valence electrons. The molecule has 0 radical (unpaired) electrons. The van der Waals surface area contributed by atoms with Gasteiger partial charge in [-0.3, -0.25) is 4.99 Å². The predicted octanol–water partition coefficient (Wildman–Crippen LogP) is 2.57. The van der Waals surface area contributed by atoms with E-state index in [0.29, 0.717) is 22.8 Å². The molecular formula is C19H32N4O2S. The van der Waals surface area contributed by atoms with Gasteiger partial charge in [0.15, 0.2) is 5.96 Å². The Balaban J connectivity index is 2.03. The number of sulfonamides is 1. The lowest BCUT2D eigenvalue weighted by Gasteiger charge is -2.28. The number of nitrogens with zero attached hydrogens (tertiary/aromatic N) is 2. The number of benzene rings is 1. The summed E-state index contributed by atoms with van der Waals surface area (Å²) in [6.45, 7) is 3.56. The van der Waals surface area contributed by atoms with Crippen LogP contribution in [0.5, 0.6) is 0 Å².